The molecule has 4 nitrogen and oxygen atoms in total. The van der Waals surface area contributed by atoms with Crippen molar-refractivity contribution in [3.05, 3.63) is 24.2 Å². The lowest BCUT2D eigenvalue weighted by molar-refractivity contribution is -0.139. The molecule has 0 bridgehead atoms. The zero-order valence-electron chi connectivity index (χ0n) is 7.49. The van der Waals surface area contributed by atoms with Crippen LogP contribution in [0.3, 0.4) is 0 Å². The van der Waals surface area contributed by atoms with Gasteiger partial charge in [-0.1, -0.05) is 6.92 Å². The third-order valence-corrected chi connectivity index (χ3v) is 1.73. The van der Waals surface area contributed by atoms with Crippen molar-refractivity contribution >= 4 is 5.97 Å². The average molecular weight is 183 g/mol. The highest BCUT2D eigenvalue weighted by molar-refractivity contribution is 5.73. The Balaban J connectivity index is 2.52. The first-order valence-electron chi connectivity index (χ1n) is 4.22. The third kappa shape index (κ3) is 2.91. The number of nitrogens with one attached hydrogen (secondary N) is 1. The standard InChI is InChI=1S/C9H13NO3/c1-2-10-8(9(11)12)6-7-4-3-5-13-7/h3-5,8,10H,2,6H2,1H3,(H,11,12)/t8-/m0/s1. The molecule has 2 N–H and O–H groups in total. The quantitative estimate of drug-likeness (QED) is 0.711. The van der Waals surface area contributed by atoms with E-state index in [-0.39, 0.29) is 0 Å². The fraction of sp³-hybridized carbons (Fsp3) is 0.444. The van der Waals surface area contributed by atoms with Crippen LogP contribution in [0.15, 0.2) is 22.8 Å². The van der Waals surface area contributed by atoms with Crippen LogP contribution in [0.25, 0.3) is 0 Å². The fourth-order valence-electron chi connectivity index (χ4n) is 1.12. The molecule has 72 valence electrons. The molecule has 13 heavy (non-hydrogen) atoms. The van der Waals surface area contributed by atoms with Crippen LogP contribution in [0.1, 0.15) is 12.7 Å². The lowest BCUT2D eigenvalue weighted by atomic mass is 10.2. The highest BCUT2D eigenvalue weighted by atomic mass is 16.4. The predicted octanol–water partition coefficient (Wildman–Crippen LogP) is 0.885. The summed E-state index contributed by atoms with van der Waals surface area (Å²) < 4.78 is 5.06. The number of aliphatic carboxylic acids is 1. The van der Waals surface area contributed by atoms with E-state index < -0.39 is 12.0 Å². The van der Waals surface area contributed by atoms with Gasteiger partial charge in [0.25, 0.3) is 0 Å². The first-order valence-corrected chi connectivity index (χ1v) is 4.22. The summed E-state index contributed by atoms with van der Waals surface area (Å²) >= 11 is 0. The number of carbonyl (C=O) groups is 1. The van der Waals surface area contributed by atoms with Gasteiger partial charge in [0.1, 0.15) is 11.8 Å². The topological polar surface area (TPSA) is 62.5 Å². The molecule has 0 aliphatic carbocycles. The highest BCUT2D eigenvalue weighted by Crippen LogP contribution is 2.04. The summed E-state index contributed by atoms with van der Waals surface area (Å²) in [5.74, 6) is -0.161. The molecule has 1 aromatic heterocycles. The minimum atomic E-state index is -0.849. The number of furan rings is 1. The van der Waals surface area contributed by atoms with E-state index in [0.29, 0.717) is 18.7 Å². The van der Waals surface area contributed by atoms with E-state index in [2.05, 4.69) is 5.32 Å². The normalized spacial score (nSPS) is 12.7. The molecule has 0 unspecified atom stereocenters. The number of carboxylic acids is 1. The molecule has 0 aliphatic rings. The maximum Gasteiger partial charge on any atom is 0.321 e. The molecule has 4 heteroatoms. The summed E-state index contributed by atoms with van der Waals surface area (Å²) in [5.41, 5.74) is 0. The van der Waals surface area contributed by atoms with Crippen molar-refractivity contribution < 1.29 is 14.3 Å². The molecule has 0 aromatic carbocycles. The van der Waals surface area contributed by atoms with Gasteiger partial charge in [-0.3, -0.25) is 4.79 Å². The van der Waals surface area contributed by atoms with Crippen molar-refractivity contribution in [2.45, 2.75) is 19.4 Å². The molecule has 1 rings (SSSR count). The van der Waals surface area contributed by atoms with Crippen LogP contribution >= 0.6 is 0 Å². The lowest BCUT2D eigenvalue weighted by Gasteiger charge is -2.10. The largest absolute Gasteiger partial charge is 0.480 e. The zero-order valence-corrected chi connectivity index (χ0v) is 7.49. The van der Waals surface area contributed by atoms with Crippen LogP contribution in [-0.2, 0) is 11.2 Å². The molecule has 0 saturated heterocycles. The molecule has 0 amide bonds. The van der Waals surface area contributed by atoms with Crippen LogP contribution in [0, 0.1) is 0 Å². The van der Waals surface area contributed by atoms with Crippen molar-refractivity contribution in [3.63, 3.8) is 0 Å². The van der Waals surface area contributed by atoms with Gasteiger partial charge in [0.05, 0.1) is 6.26 Å². The summed E-state index contributed by atoms with van der Waals surface area (Å²) in [4.78, 5) is 10.7. The van der Waals surface area contributed by atoms with E-state index in [1.54, 1.807) is 18.4 Å². The van der Waals surface area contributed by atoms with Crippen LogP contribution in [0.2, 0.25) is 0 Å². The molecular formula is C9H13NO3. The fourth-order valence-corrected chi connectivity index (χ4v) is 1.12. The Hall–Kier alpha value is -1.29. The second kappa shape index (κ2) is 4.67. The summed E-state index contributed by atoms with van der Waals surface area (Å²) in [5, 5.41) is 11.7. The predicted molar refractivity (Wildman–Crippen MR) is 47.5 cm³/mol. The van der Waals surface area contributed by atoms with Gasteiger partial charge in [-0.15, -0.1) is 0 Å². The second-order valence-electron chi connectivity index (χ2n) is 2.73. The third-order valence-electron chi connectivity index (χ3n) is 1.73. The Morgan fingerprint density at radius 1 is 1.77 bits per heavy atom. The molecular weight excluding hydrogens is 170 g/mol. The Labute approximate surface area is 76.6 Å². The monoisotopic (exact) mass is 183 g/mol. The number of likely N-dealkylation sites (N-methyl/N-ethyl adjacent to an activating group) is 1. The molecule has 0 spiro atoms. The summed E-state index contributed by atoms with van der Waals surface area (Å²) in [6, 6.07) is 2.96. The number of hydrogen-bond donors (Lipinski definition) is 2. The van der Waals surface area contributed by atoms with Gasteiger partial charge >= 0.3 is 5.97 Å². The summed E-state index contributed by atoms with van der Waals surface area (Å²) in [7, 11) is 0. The van der Waals surface area contributed by atoms with E-state index in [1.807, 2.05) is 6.92 Å². The average Bonchev–Trinajstić information content (AvgIpc) is 2.56. The molecule has 1 heterocycles. The van der Waals surface area contributed by atoms with Gasteiger partial charge in [0.15, 0.2) is 0 Å². The molecule has 1 atom stereocenters. The van der Waals surface area contributed by atoms with Crippen LogP contribution < -0.4 is 5.32 Å². The maximum atomic E-state index is 10.7. The zero-order chi connectivity index (χ0) is 9.68. The van der Waals surface area contributed by atoms with Gasteiger partial charge in [-0.05, 0) is 18.7 Å². The van der Waals surface area contributed by atoms with Crippen molar-refractivity contribution in [3.8, 4) is 0 Å². The van der Waals surface area contributed by atoms with E-state index in [9.17, 15) is 4.79 Å². The molecule has 0 fully saturated rings. The Morgan fingerprint density at radius 3 is 3.00 bits per heavy atom. The number of carboxylic acid groups (broad SMARTS) is 1. The molecule has 1 aromatic rings. The van der Waals surface area contributed by atoms with Gasteiger partial charge in [-0.2, -0.15) is 0 Å². The van der Waals surface area contributed by atoms with Crippen LogP contribution in [-0.4, -0.2) is 23.7 Å². The van der Waals surface area contributed by atoms with E-state index >= 15 is 0 Å². The molecule has 0 aliphatic heterocycles. The highest BCUT2D eigenvalue weighted by Gasteiger charge is 2.17. The molecule has 0 radical (unpaired) electrons. The van der Waals surface area contributed by atoms with Gasteiger partial charge in [0, 0.05) is 6.42 Å². The minimum Gasteiger partial charge on any atom is -0.480 e. The van der Waals surface area contributed by atoms with Gasteiger partial charge in [0.2, 0.25) is 0 Å². The Bertz CT molecular complexity index is 256. The van der Waals surface area contributed by atoms with Crippen molar-refractivity contribution in [2.24, 2.45) is 0 Å². The van der Waals surface area contributed by atoms with Crippen LogP contribution in [0.5, 0.6) is 0 Å². The Morgan fingerprint density at radius 2 is 2.54 bits per heavy atom. The van der Waals surface area contributed by atoms with Crippen molar-refractivity contribution in [2.75, 3.05) is 6.54 Å². The first kappa shape index (κ1) is 9.80. The maximum absolute atomic E-state index is 10.7. The smallest absolute Gasteiger partial charge is 0.321 e. The van der Waals surface area contributed by atoms with Gasteiger partial charge in [-0.25, -0.2) is 0 Å². The van der Waals surface area contributed by atoms with Crippen molar-refractivity contribution in [1.82, 2.24) is 5.32 Å². The van der Waals surface area contributed by atoms with E-state index in [1.165, 1.54) is 0 Å². The van der Waals surface area contributed by atoms with E-state index in [4.69, 9.17) is 9.52 Å². The molecule has 0 saturated carbocycles. The second-order valence-corrected chi connectivity index (χ2v) is 2.73. The lowest BCUT2D eigenvalue weighted by Crippen LogP contribution is -2.38. The van der Waals surface area contributed by atoms with E-state index in [0.717, 1.165) is 0 Å². The SMILES string of the molecule is CCN[C@@H](Cc1ccco1)C(=O)O. The number of rotatable bonds is 5. The van der Waals surface area contributed by atoms with Crippen LogP contribution in [0.4, 0.5) is 0 Å². The minimum absolute atomic E-state index is 0.385. The first-order chi connectivity index (χ1) is 6.24. The summed E-state index contributed by atoms with van der Waals surface area (Å²) in [6.07, 6.45) is 1.93. The Kier molecular flexibility index (Phi) is 3.52. The van der Waals surface area contributed by atoms with Crippen molar-refractivity contribution in [1.29, 1.82) is 0 Å². The van der Waals surface area contributed by atoms with Gasteiger partial charge < -0.3 is 14.8 Å². The number of hydrogen-bond acceptors (Lipinski definition) is 3. The summed E-state index contributed by atoms with van der Waals surface area (Å²) in [6.45, 7) is 2.51.